The van der Waals surface area contributed by atoms with Crippen LogP contribution < -0.4 is 4.74 Å². The fourth-order valence-corrected chi connectivity index (χ4v) is 2.65. The highest BCUT2D eigenvalue weighted by molar-refractivity contribution is 5.40. The molecule has 2 atom stereocenters. The van der Waals surface area contributed by atoms with E-state index in [4.69, 9.17) is 4.74 Å². The normalized spacial score (nSPS) is 13.6. The standard InChI is InChI=1S/C19H24O3/c1-13(10-15-4-7-17(20)8-5-15)14(2)11-16-6-9-18(21)12-19(16)22-3/h4-9,12-14,20-21H,10-11H2,1-3H3/t13-,14+/m1/s1. The summed E-state index contributed by atoms with van der Waals surface area (Å²) in [6.07, 6.45) is 1.88. The molecule has 3 nitrogen and oxygen atoms in total. The largest absolute Gasteiger partial charge is 0.508 e. The summed E-state index contributed by atoms with van der Waals surface area (Å²) in [5, 5.41) is 18.9. The fraction of sp³-hybridized carbons (Fsp3) is 0.368. The van der Waals surface area contributed by atoms with E-state index >= 15 is 0 Å². The van der Waals surface area contributed by atoms with Gasteiger partial charge in [-0.15, -0.1) is 0 Å². The highest BCUT2D eigenvalue weighted by atomic mass is 16.5. The van der Waals surface area contributed by atoms with Crippen molar-refractivity contribution in [1.29, 1.82) is 0 Å². The van der Waals surface area contributed by atoms with Crippen LogP contribution in [-0.4, -0.2) is 17.3 Å². The molecular weight excluding hydrogens is 276 g/mol. The monoisotopic (exact) mass is 300 g/mol. The molecule has 0 aliphatic rings. The van der Waals surface area contributed by atoms with E-state index in [9.17, 15) is 10.2 Å². The van der Waals surface area contributed by atoms with Crippen LogP contribution in [0.25, 0.3) is 0 Å². The number of hydrogen-bond donors (Lipinski definition) is 2. The molecule has 118 valence electrons. The Morgan fingerprint density at radius 3 is 2.09 bits per heavy atom. The van der Waals surface area contributed by atoms with Gasteiger partial charge >= 0.3 is 0 Å². The van der Waals surface area contributed by atoms with Crippen LogP contribution in [0.15, 0.2) is 42.5 Å². The van der Waals surface area contributed by atoms with Gasteiger partial charge in [0.25, 0.3) is 0 Å². The third-order valence-electron chi connectivity index (χ3n) is 4.28. The van der Waals surface area contributed by atoms with Gasteiger partial charge in [-0.2, -0.15) is 0 Å². The first-order chi connectivity index (χ1) is 10.5. The molecule has 3 heteroatoms. The number of phenols is 2. The van der Waals surface area contributed by atoms with Crippen molar-refractivity contribution in [3.63, 3.8) is 0 Å². The first-order valence-electron chi connectivity index (χ1n) is 7.63. The van der Waals surface area contributed by atoms with E-state index in [1.54, 1.807) is 31.4 Å². The Morgan fingerprint density at radius 2 is 1.45 bits per heavy atom. The minimum Gasteiger partial charge on any atom is -0.508 e. The molecule has 22 heavy (non-hydrogen) atoms. The third kappa shape index (κ3) is 4.17. The number of aromatic hydroxyl groups is 2. The molecule has 0 amide bonds. The van der Waals surface area contributed by atoms with E-state index < -0.39 is 0 Å². The lowest BCUT2D eigenvalue weighted by Gasteiger charge is -2.21. The van der Waals surface area contributed by atoms with Crippen molar-refractivity contribution in [2.75, 3.05) is 7.11 Å². The van der Waals surface area contributed by atoms with Gasteiger partial charge in [0.2, 0.25) is 0 Å². The number of methoxy groups -OCH3 is 1. The molecule has 0 unspecified atom stereocenters. The van der Waals surface area contributed by atoms with Gasteiger partial charge in [0.1, 0.15) is 17.2 Å². The highest BCUT2D eigenvalue weighted by Crippen LogP contribution is 2.29. The minimum absolute atomic E-state index is 0.227. The van der Waals surface area contributed by atoms with Crippen LogP contribution in [0.3, 0.4) is 0 Å². The van der Waals surface area contributed by atoms with Gasteiger partial charge in [0.15, 0.2) is 0 Å². The van der Waals surface area contributed by atoms with Gasteiger partial charge in [0.05, 0.1) is 7.11 Å². The molecule has 0 aromatic heterocycles. The quantitative estimate of drug-likeness (QED) is 0.842. The van der Waals surface area contributed by atoms with E-state index in [0.29, 0.717) is 17.6 Å². The second-order valence-corrected chi connectivity index (χ2v) is 6.03. The number of hydrogen-bond acceptors (Lipinski definition) is 3. The molecule has 0 bridgehead atoms. The number of rotatable bonds is 6. The number of phenolic OH excluding ortho intramolecular Hbond substituents is 2. The van der Waals surface area contributed by atoms with E-state index in [-0.39, 0.29) is 5.75 Å². The Bertz CT molecular complexity index is 605. The SMILES string of the molecule is COc1cc(O)ccc1C[C@H](C)[C@H](C)Cc1ccc(O)cc1. The van der Waals surface area contributed by atoms with Crippen molar-refractivity contribution in [3.8, 4) is 17.2 Å². The minimum atomic E-state index is 0.227. The van der Waals surface area contributed by atoms with Crippen molar-refractivity contribution in [1.82, 2.24) is 0 Å². The Kier molecular flexibility index (Phi) is 5.31. The van der Waals surface area contributed by atoms with E-state index in [0.717, 1.165) is 24.2 Å². The molecule has 0 aliphatic heterocycles. The van der Waals surface area contributed by atoms with Gasteiger partial charge in [-0.25, -0.2) is 0 Å². The molecule has 0 spiro atoms. The maximum atomic E-state index is 9.53. The van der Waals surface area contributed by atoms with Crippen molar-refractivity contribution < 1.29 is 14.9 Å². The van der Waals surface area contributed by atoms with Gasteiger partial charge in [-0.05, 0) is 54.0 Å². The Labute approximate surface area is 132 Å². The topological polar surface area (TPSA) is 49.7 Å². The maximum absolute atomic E-state index is 9.53. The Balaban J connectivity index is 2.02. The van der Waals surface area contributed by atoms with Crippen LogP contribution in [0.5, 0.6) is 17.2 Å². The summed E-state index contributed by atoms with van der Waals surface area (Å²) in [6.45, 7) is 4.47. The summed E-state index contributed by atoms with van der Waals surface area (Å²) < 4.78 is 5.35. The first kappa shape index (κ1) is 16.2. The molecular formula is C19H24O3. The summed E-state index contributed by atoms with van der Waals surface area (Å²) in [5.74, 6) is 2.25. The highest BCUT2D eigenvalue weighted by Gasteiger charge is 2.16. The van der Waals surface area contributed by atoms with Crippen LogP contribution >= 0.6 is 0 Å². The van der Waals surface area contributed by atoms with Gasteiger partial charge in [0, 0.05) is 6.07 Å². The zero-order chi connectivity index (χ0) is 16.1. The van der Waals surface area contributed by atoms with E-state index in [1.165, 1.54) is 5.56 Å². The smallest absolute Gasteiger partial charge is 0.125 e. The van der Waals surface area contributed by atoms with Crippen LogP contribution in [0, 0.1) is 11.8 Å². The molecule has 0 heterocycles. The summed E-state index contributed by atoms with van der Waals surface area (Å²) in [4.78, 5) is 0. The number of ether oxygens (including phenoxy) is 1. The summed E-state index contributed by atoms with van der Waals surface area (Å²) in [6, 6.07) is 12.7. The van der Waals surface area contributed by atoms with Gasteiger partial charge in [-0.1, -0.05) is 32.0 Å². The molecule has 2 N–H and O–H groups in total. The second kappa shape index (κ2) is 7.21. The van der Waals surface area contributed by atoms with Crippen LogP contribution in [0.4, 0.5) is 0 Å². The molecule has 2 rings (SSSR count). The van der Waals surface area contributed by atoms with Crippen molar-refractivity contribution >= 4 is 0 Å². The second-order valence-electron chi connectivity index (χ2n) is 6.03. The van der Waals surface area contributed by atoms with Crippen molar-refractivity contribution in [3.05, 3.63) is 53.6 Å². The lowest BCUT2D eigenvalue weighted by Crippen LogP contribution is -2.14. The van der Waals surface area contributed by atoms with Crippen LogP contribution in [-0.2, 0) is 12.8 Å². The third-order valence-corrected chi connectivity index (χ3v) is 4.28. The van der Waals surface area contributed by atoms with E-state index in [1.807, 2.05) is 18.2 Å². The molecule has 2 aromatic carbocycles. The summed E-state index contributed by atoms with van der Waals surface area (Å²) >= 11 is 0. The molecule has 0 fully saturated rings. The predicted octanol–water partition coefficient (Wildman–Crippen LogP) is 4.16. The zero-order valence-corrected chi connectivity index (χ0v) is 13.4. The van der Waals surface area contributed by atoms with Crippen LogP contribution in [0.2, 0.25) is 0 Å². The average molecular weight is 300 g/mol. The van der Waals surface area contributed by atoms with Gasteiger partial charge in [-0.3, -0.25) is 0 Å². The fourth-order valence-electron chi connectivity index (χ4n) is 2.65. The predicted molar refractivity (Wildman–Crippen MR) is 88.5 cm³/mol. The number of benzene rings is 2. The zero-order valence-electron chi connectivity index (χ0n) is 13.4. The van der Waals surface area contributed by atoms with Crippen molar-refractivity contribution in [2.45, 2.75) is 26.7 Å². The maximum Gasteiger partial charge on any atom is 0.125 e. The summed E-state index contributed by atoms with van der Waals surface area (Å²) in [7, 11) is 1.63. The van der Waals surface area contributed by atoms with Crippen molar-refractivity contribution in [2.24, 2.45) is 11.8 Å². The van der Waals surface area contributed by atoms with E-state index in [2.05, 4.69) is 13.8 Å². The lowest BCUT2D eigenvalue weighted by molar-refractivity contribution is 0.366. The molecule has 0 saturated heterocycles. The molecule has 0 saturated carbocycles. The lowest BCUT2D eigenvalue weighted by atomic mass is 9.85. The first-order valence-corrected chi connectivity index (χ1v) is 7.63. The Morgan fingerprint density at radius 1 is 0.864 bits per heavy atom. The van der Waals surface area contributed by atoms with Gasteiger partial charge < -0.3 is 14.9 Å². The summed E-state index contributed by atoms with van der Waals surface area (Å²) in [5.41, 5.74) is 2.35. The molecule has 0 radical (unpaired) electrons. The average Bonchev–Trinajstić information content (AvgIpc) is 2.51. The molecule has 0 aliphatic carbocycles. The Hall–Kier alpha value is -2.16. The van der Waals surface area contributed by atoms with Crippen LogP contribution in [0.1, 0.15) is 25.0 Å². The molecule has 2 aromatic rings.